The maximum absolute atomic E-state index is 9.20. The van der Waals surface area contributed by atoms with Gasteiger partial charge in [-0.25, -0.2) is 0 Å². The Morgan fingerprint density at radius 1 is 1.17 bits per heavy atom. The molecular weight excluding hydrogens is 154 g/mol. The zero-order chi connectivity index (χ0) is 8.39. The van der Waals surface area contributed by atoms with Crippen LogP contribution in [0.2, 0.25) is 0 Å². The zero-order valence-corrected chi connectivity index (χ0v) is 6.23. The minimum atomic E-state index is -0.0683. The third-order valence-corrected chi connectivity index (χ3v) is 1.59. The Morgan fingerprint density at radius 3 is 2.50 bits per heavy atom. The predicted octanol–water partition coefficient (Wildman–Crippen LogP) is 1.18. The molecule has 1 aromatic carbocycles. The third kappa shape index (κ3) is 1.03. The van der Waals surface area contributed by atoms with Gasteiger partial charge in [-0.1, -0.05) is 40.6 Å². The van der Waals surface area contributed by atoms with Crippen molar-refractivity contribution in [2.24, 2.45) is 0 Å². The van der Waals surface area contributed by atoms with E-state index < -0.39 is 0 Å². The highest BCUT2D eigenvalue weighted by molar-refractivity contribution is 5.62. The Hall–Kier alpha value is -1.84. The van der Waals surface area contributed by atoms with E-state index in [2.05, 4.69) is 15.4 Å². The molecule has 12 heavy (non-hydrogen) atoms. The van der Waals surface area contributed by atoms with Crippen molar-refractivity contribution >= 4 is 0 Å². The summed E-state index contributed by atoms with van der Waals surface area (Å²) in [6, 6.07) is 9.42. The lowest BCUT2D eigenvalue weighted by atomic mass is 10.2. The summed E-state index contributed by atoms with van der Waals surface area (Å²) >= 11 is 0. The molecular formula is C8H7N3O. The van der Waals surface area contributed by atoms with Gasteiger partial charge < -0.3 is 5.11 Å². The summed E-state index contributed by atoms with van der Waals surface area (Å²) in [4.78, 5) is 0. The summed E-state index contributed by atoms with van der Waals surface area (Å²) in [6.07, 6.45) is 0. The highest BCUT2D eigenvalue weighted by Crippen LogP contribution is 2.22. The molecule has 0 aliphatic heterocycles. The lowest BCUT2D eigenvalue weighted by molar-refractivity contribution is 0.454. The standard InChI is InChI=1S/C8H7N3O/c12-8-7(9-11-10-8)6-4-2-1-3-5-6/h1-5H,(H2,9,10,11,12). The minimum Gasteiger partial charge on any atom is -0.491 e. The van der Waals surface area contributed by atoms with Crippen LogP contribution in [-0.4, -0.2) is 20.5 Å². The first kappa shape index (κ1) is 6.84. The van der Waals surface area contributed by atoms with Crippen LogP contribution in [-0.2, 0) is 0 Å². The van der Waals surface area contributed by atoms with E-state index in [9.17, 15) is 5.11 Å². The van der Waals surface area contributed by atoms with Crippen molar-refractivity contribution in [1.29, 1.82) is 0 Å². The summed E-state index contributed by atoms with van der Waals surface area (Å²) in [5, 5.41) is 18.7. The van der Waals surface area contributed by atoms with Gasteiger partial charge in [0.15, 0.2) is 0 Å². The van der Waals surface area contributed by atoms with Crippen molar-refractivity contribution in [1.82, 2.24) is 15.4 Å². The van der Waals surface area contributed by atoms with E-state index in [1.807, 2.05) is 30.3 Å². The monoisotopic (exact) mass is 161 g/mol. The molecule has 0 spiro atoms. The van der Waals surface area contributed by atoms with Gasteiger partial charge in [-0.15, -0.1) is 0 Å². The maximum atomic E-state index is 9.20. The number of aromatic nitrogens is 3. The maximum Gasteiger partial charge on any atom is 0.258 e. The van der Waals surface area contributed by atoms with Gasteiger partial charge in [0.25, 0.3) is 5.88 Å². The van der Waals surface area contributed by atoms with E-state index in [1.54, 1.807) is 0 Å². The van der Waals surface area contributed by atoms with E-state index in [-0.39, 0.29) is 5.88 Å². The molecule has 0 aliphatic carbocycles. The molecule has 0 saturated carbocycles. The summed E-state index contributed by atoms with van der Waals surface area (Å²) in [6.45, 7) is 0. The van der Waals surface area contributed by atoms with E-state index in [0.29, 0.717) is 5.69 Å². The molecule has 0 aliphatic rings. The van der Waals surface area contributed by atoms with E-state index in [4.69, 9.17) is 0 Å². The lowest BCUT2D eigenvalue weighted by Crippen LogP contribution is -1.76. The topological polar surface area (TPSA) is 61.8 Å². The first-order valence-corrected chi connectivity index (χ1v) is 3.53. The van der Waals surface area contributed by atoms with Crippen molar-refractivity contribution in [2.75, 3.05) is 0 Å². The van der Waals surface area contributed by atoms with Crippen LogP contribution in [0.1, 0.15) is 0 Å². The summed E-state index contributed by atoms with van der Waals surface area (Å²) < 4.78 is 0. The Morgan fingerprint density at radius 2 is 1.92 bits per heavy atom. The molecule has 4 heteroatoms. The van der Waals surface area contributed by atoms with Crippen LogP contribution in [0.5, 0.6) is 5.88 Å². The van der Waals surface area contributed by atoms with Crippen LogP contribution in [0.4, 0.5) is 0 Å². The zero-order valence-electron chi connectivity index (χ0n) is 6.23. The highest BCUT2D eigenvalue weighted by Gasteiger charge is 2.05. The summed E-state index contributed by atoms with van der Waals surface area (Å²) in [5.41, 5.74) is 1.43. The summed E-state index contributed by atoms with van der Waals surface area (Å²) in [5.74, 6) is -0.0683. The van der Waals surface area contributed by atoms with Crippen molar-refractivity contribution in [3.05, 3.63) is 30.3 Å². The molecule has 0 atom stereocenters. The Balaban J connectivity index is 2.51. The molecule has 1 aromatic heterocycles. The molecule has 0 radical (unpaired) electrons. The SMILES string of the molecule is Oc1nn[nH]c1-c1ccccc1. The van der Waals surface area contributed by atoms with Crippen LogP contribution in [0.15, 0.2) is 30.3 Å². The number of nitrogens with one attached hydrogen (secondary N) is 1. The predicted molar refractivity (Wildman–Crippen MR) is 43.5 cm³/mol. The molecule has 0 fully saturated rings. The van der Waals surface area contributed by atoms with Gasteiger partial charge >= 0.3 is 0 Å². The Labute approximate surface area is 68.9 Å². The second-order valence-electron chi connectivity index (χ2n) is 2.38. The molecule has 4 nitrogen and oxygen atoms in total. The summed E-state index contributed by atoms with van der Waals surface area (Å²) in [7, 11) is 0. The smallest absolute Gasteiger partial charge is 0.258 e. The van der Waals surface area contributed by atoms with Crippen LogP contribution in [0.3, 0.4) is 0 Å². The van der Waals surface area contributed by atoms with Gasteiger partial charge in [0.2, 0.25) is 0 Å². The van der Waals surface area contributed by atoms with Gasteiger partial charge in [-0.05, 0) is 0 Å². The first-order valence-electron chi connectivity index (χ1n) is 3.53. The number of hydrogen-bond donors (Lipinski definition) is 2. The van der Waals surface area contributed by atoms with E-state index >= 15 is 0 Å². The lowest BCUT2D eigenvalue weighted by Gasteiger charge is -1.94. The van der Waals surface area contributed by atoms with Crippen molar-refractivity contribution in [3.8, 4) is 17.1 Å². The number of hydrogen-bond acceptors (Lipinski definition) is 3. The first-order chi connectivity index (χ1) is 5.88. The number of H-pyrrole nitrogens is 1. The van der Waals surface area contributed by atoms with Crippen LogP contribution in [0, 0.1) is 0 Å². The molecule has 1 heterocycles. The third-order valence-electron chi connectivity index (χ3n) is 1.59. The van der Waals surface area contributed by atoms with Crippen LogP contribution in [0.25, 0.3) is 11.3 Å². The average Bonchev–Trinajstić information content (AvgIpc) is 2.53. The highest BCUT2D eigenvalue weighted by atomic mass is 16.3. The van der Waals surface area contributed by atoms with Crippen molar-refractivity contribution in [3.63, 3.8) is 0 Å². The van der Waals surface area contributed by atoms with Gasteiger partial charge in [-0.2, -0.15) is 0 Å². The molecule has 0 bridgehead atoms. The van der Waals surface area contributed by atoms with Crippen molar-refractivity contribution in [2.45, 2.75) is 0 Å². The number of benzene rings is 1. The molecule has 0 amide bonds. The quantitative estimate of drug-likeness (QED) is 0.660. The fraction of sp³-hybridized carbons (Fsp3) is 0. The number of rotatable bonds is 1. The van der Waals surface area contributed by atoms with Gasteiger partial charge in [-0.3, -0.25) is 5.10 Å². The second-order valence-corrected chi connectivity index (χ2v) is 2.38. The molecule has 2 aromatic rings. The van der Waals surface area contributed by atoms with Gasteiger partial charge in [0, 0.05) is 5.56 Å². The number of nitrogens with zero attached hydrogens (tertiary/aromatic N) is 2. The van der Waals surface area contributed by atoms with E-state index in [1.165, 1.54) is 0 Å². The second kappa shape index (κ2) is 2.65. The normalized spacial score (nSPS) is 10.0. The molecule has 2 rings (SSSR count). The number of aromatic amines is 1. The van der Waals surface area contributed by atoms with Gasteiger partial charge in [0.05, 0.1) is 0 Å². The molecule has 2 N–H and O–H groups in total. The fourth-order valence-electron chi connectivity index (χ4n) is 1.02. The minimum absolute atomic E-state index is 0.0683. The molecule has 60 valence electrons. The van der Waals surface area contributed by atoms with E-state index in [0.717, 1.165) is 5.56 Å². The Kier molecular flexibility index (Phi) is 1.51. The Bertz CT molecular complexity index is 369. The van der Waals surface area contributed by atoms with Crippen molar-refractivity contribution < 1.29 is 5.11 Å². The number of aromatic hydroxyl groups is 1. The molecule has 0 saturated heterocycles. The average molecular weight is 161 g/mol. The largest absolute Gasteiger partial charge is 0.491 e. The molecule has 0 unspecified atom stereocenters. The van der Waals surface area contributed by atoms with Crippen LogP contribution < -0.4 is 0 Å². The van der Waals surface area contributed by atoms with Crippen LogP contribution >= 0.6 is 0 Å². The van der Waals surface area contributed by atoms with Gasteiger partial charge in [0.1, 0.15) is 5.69 Å². The fourth-order valence-corrected chi connectivity index (χ4v) is 1.02.